The van der Waals surface area contributed by atoms with E-state index in [9.17, 15) is 9.18 Å². The van der Waals surface area contributed by atoms with E-state index >= 15 is 0 Å². The van der Waals surface area contributed by atoms with E-state index in [1.165, 1.54) is 37.1 Å². The minimum absolute atomic E-state index is 0.107. The number of halogens is 1. The van der Waals surface area contributed by atoms with Gasteiger partial charge in [0.25, 0.3) is 0 Å². The molecule has 2 saturated carbocycles. The van der Waals surface area contributed by atoms with Crippen LogP contribution >= 0.6 is 11.3 Å². The number of carbonyl (C=O) groups is 1. The van der Waals surface area contributed by atoms with Gasteiger partial charge in [-0.05, 0) is 37.2 Å². The van der Waals surface area contributed by atoms with Gasteiger partial charge in [0.15, 0.2) is 0 Å². The van der Waals surface area contributed by atoms with E-state index in [4.69, 9.17) is 4.74 Å². The zero-order chi connectivity index (χ0) is 16.0. The first kappa shape index (κ1) is 14.8. The van der Waals surface area contributed by atoms with Crippen molar-refractivity contribution in [2.45, 2.75) is 25.2 Å². The molecule has 0 aromatic carbocycles. The van der Waals surface area contributed by atoms with Crippen molar-refractivity contribution < 1.29 is 13.9 Å². The molecule has 4 nitrogen and oxygen atoms in total. The van der Waals surface area contributed by atoms with Crippen LogP contribution in [-0.4, -0.2) is 23.0 Å². The molecule has 2 unspecified atom stereocenters. The number of pyridine rings is 1. The Morgan fingerprint density at radius 2 is 2.13 bits per heavy atom. The molecule has 0 radical (unpaired) electrons. The number of hydrogen-bond acceptors (Lipinski definition) is 5. The second-order valence-electron chi connectivity index (χ2n) is 6.43. The highest BCUT2D eigenvalue weighted by atomic mass is 32.1. The number of fused-ring (bicyclic) bond motifs is 1. The Morgan fingerprint density at radius 1 is 1.30 bits per heavy atom. The van der Waals surface area contributed by atoms with Gasteiger partial charge >= 0.3 is 5.97 Å². The van der Waals surface area contributed by atoms with E-state index in [1.807, 2.05) is 5.38 Å². The summed E-state index contributed by atoms with van der Waals surface area (Å²) in [6, 6.07) is 1.44. The molecule has 2 aromatic rings. The zero-order valence-corrected chi connectivity index (χ0v) is 13.6. The molecule has 0 amide bonds. The topological polar surface area (TPSA) is 52.1 Å². The van der Waals surface area contributed by atoms with Crippen LogP contribution in [0.3, 0.4) is 0 Å². The monoisotopic (exact) mass is 332 g/mol. The molecular formula is C17H17FN2O2S. The van der Waals surface area contributed by atoms with Crippen molar-refractivity contribution in [3.05, 3.63) is 35.4 Å². The zero-order valence-electron chi connectivity index (χ0n) is 12.7. The molecule has 0 N–H and O–H groups in total. The van der Waals surface area contributed by atoms with Crippen LogP contribution in [0, 0.1) is 23.6 Å². The summed E-state index contributed by atoms with van der Waals surface area (Å²) < 4.78 is 18.3. The lowest BCUT2D eigenvalue weighted by atomic mass is 9.78. The normalized spacial score (nSPS) is 29.0. The van der Waals surface area contributed by atoms with Crippen LogP contribution in [0.25, 0.3) is 10.6 Å². The van der Waals surface area contributed by atoms with Gasteiger partial charge in [-0.25, -0.2) is 9.37 Å². The number of carbonyl (C=O) groups excluding carboxylic acids is 1. The lowest BCUT2D eigenvalue weighted by Crippen LogP contribution is -2.28. The second kappa shape index (κ2) is 5.67. The standard InChI is InChI=1S/C17H17FN2O2S/c1-22-17(21)14-5-10-2-9(10)4-13(14)15-8-23-16(20-15)11-3-12(18)7-19-6-11/h3,6-10,13-14H,2,4-5H2,1H3/t9?,10?,13-,14-/m1/s1. The molecule has 120 valence electrons. The predicted octanol–water partition coefficient (Wildman–Crippen LogP) is 3.65. The Kier molecular flexibility index (Phi) is 3.64. The van der Waals surface area contributed by atoms with E-state index < -0.39 is 0 Å². The first-order chi connectivity index (χ1) is 11.2. The average molecular weight is 332 g/mol. The Labute approximate surface area is 137 Å². The molecule has 0 bridgehead atoms. The maximum absolute atomic E-state index is 13.3. The van der Waals surface area contributed by atoms with Crippen molar-refractivity contribution in [1.82, 2.24) is 9.97 Å². The number of hydrogen-bond donors (Lipinski definition) is 0. The lowest BCUT2D eigenvalue weighted by molar-refractivity contribution is -0.147. The third-order valence-electron chi connectivity index (χ3n) is 5.03. The molecule has 2 heterocycles. The van der Waals surface area contributed by atoms with E-state index in [1.54, 1.807) is 6.20 Å². The van der Waals surface area contributed by atoms with Gasteiger partial charge in [0.1, 0.15) is 10.8 Å². The highest BCUT2D eigenvalue weighted by Gasteiger charge is 2.50. The fraction of sp³-hybridized carbons (Fsp3) is 0.471. The number of esters is 1. The van der Waals surface area contributed by atoms with Crippen molar-refractivity contribution >= 4 is 17.3 Å². The number of thiazole rings is 1. The number of rotatable bonds is 3. The number of nitrogens with zero attached hydrogens (tertiary/aromatic N) is 2. The fourth-order valence-corrected chi connectivity index (χ4v) is 4.59. The maximum Gasteiger partial charge on any atom is 0.309 e. The molecule has 0 aliphatic heterocycles. The summed E-state index contributed by atoms with van der Waals surface area (Å²) in [5, 5.41) is 2.73. The van der Waals surface area contributed by atoms with E-state index in [0.29, 0.717) is 11.5 Å². The van der Waals surface area contributed by atoms with Crippen LogP contribution in [0.4, 0.5) is 4.39 Å². The van der Waals surface area contributed by atoms with E-state index in [2.05, 4.69) is 9.97 Å². The fourth-order valence-electron chi connectivity index (χ4n) is 3.73. The largest absolute Gasteiger partial charge is 0.469 e. The molecule has 0 saturated heterocycles. The predicted molar refractivity (Wildman–Crippen MR) is 84.4 cm³/mol. The van der Waals surface area contributed by atoms with Crippen LogP contribution in [0.5, 0.6) is 0 Å². The summed E-state index contributed by atoms with van der Waals surface area (Å²) in [4.78, 5) is 20.7. The third kappa shape index (κ3) is 2.76. The van der Waals surface area contributed by atoms with E-state index in [0.717, 1.165) is 29.5 Å². The van der Waals surface area contributed by atoms with Gasteiger partial charge in [0.05, 0.1) is 24.9 Å². The second-order valence-corrected chi connectivity index (χ2v) is 7.29. The quantitative estimate of drug-likeness (QED) is 0.805. The van der Waals surface area contributed by atoms with Gasteiger partial charge in [-0.3, -0.25) is 9.78 Å². The van der Waals surface area contributed by atoms with Gasteiger partial charge in [-0.2, -0.15) is 0 Å². The number of aromatic nitrogens is 2. The van der Waals surface area contributed by atoms with Crippen LogP contribution in [0.1, 0.15) is 30.9 Å². The van der Waals surface area contributed by atoms with Gasteiger partial charge in [0, 0.05) is 23.1 Å². The van der Waals surface area contributed by atoms with Gasteiger partial charge in [0.2, 0.25) is 0 Å². The first-order valence-electron chi connectivity index (χ1n) is 7.80. The molecule has 2 fully saturated rings. The molecule has 23 heavy (non-hydrogen) atoms. The van der Waals surface area contributed by atoms with Gasteiger partial charge in [-0.15, -0.1) is 11.3 Å². The smallest absolute Gasteiger partial charge is 0.309 e. The van der Waals surface area contributed by atoms with Crippen molar-refractivity contribution in [2.24, 2.45) is 17.8 Å². The average Bonchev–Trinajstić information content (AvgIpc) is 3.16. The van der Waals surface area contributed by atoms with Crippen LogP contribution in [-0.2, 0) is 9.53 Å². The van der Waals surface area contributed by atoms with Crippen LogP contribution in [0.2, 0.25) is 0 Å². The van der Waals surface area contributed by atoms with Crippen LogP contribution in [0.15, 0.2) is 23.8 Å². The molecular weight excluding hydrogens is 315 g/mol. The van der Waals surface area contributed by atoms with Crippen molar-refractivity contribution in [3.8, 4) is 10.6 Å². The van der Waals surface area contributed by atoms with Crippen molar-refractivity contribution in [1.29, 1.82) is 0 Å². The summed E-state index contributed by atoms with van der Waals surface area (Å²) in [7, 11) is 1.45. The molecule has 6 heteroatoms. The lowest BCUT2D eigenvalue weighted by Gasteiger charge is -2.27. The molecule has 0 spiro atoms. The highest BCUT2D eigenvalue weighted by molar-refractivity contribution is 7.13. The van der Waals surface area contributed by atoms with Gasteiger partial charge in [-0.1, -0.05) is 0 Å². The SMILES string of the molecule is COC(=O)[C@@H]1CC2CC2C[C@H]1c1csc(-c2cncc(F)c2)n1. The number of methoxy groups -OCH3 is 1. The molecule has 2 aromatic heterocycles. The summed E-state index contributed by atoms with van der Waals surface area (Å²) in [5.74, 6) is 0.900. The minimum atomic E-state index is -0.370. The first-order valence-corrected chi connectivity index (χ1v) is 8.68. The molecule has 4 rings (SSSR count). The van der Waals surface area contributed by atoms with Crippen molar-refractivity contribution in [2.75, 3.05) is 7.11 Å². The van der Waals surface area contributed by atoms with Crippen LogP contribution < -0.4 is 0 Å². The Balaban J connectivity index is 1.63. The molecule has 2 aliphatic rings. The maximum atomic E-state index is 13.3. The van der Waals surface area contributed by atoms with Crippen molar-refractivity contribution in [3.63, 3.8) is 0 Å². The van der Waals surface area contributed by atoms with E-state index in [-0.39, 0.29) is 23.6 Å². The summed E-state index contributed by atoms with van der Waals surface area (Å²) in [6.45, 7) is 0. The summed E-state index contributed by atoms with van der Waals surface area (Å²) in [6.07, 6.45) is 5.90. The van der Waals surface area contributed by atoms with Gasteiger partial charge < -0.3 is 4.74 Å². The third-order valence-corrected chi connectivity index (χ3v) is 5.94. The molecule has 2 aliphatic carbocycles. The highest BCUT2D eigenvalue weighted by Crippen LogP contribution is 2.56. The summed E-state index contributed by atoms with van der Waals surface area (Å²) in [5.41, 5.74) is 1.60. The Bertz CT molecular complexity index is 748. The number of ether oxygens (including phenoxy) is 1. The minimum Gasteiger partial charge on any atom is -0.469 e. The summed E-state index contributed by atoms with van der Waals surface area (Å²) >= 11 is 1.47. The Hall–Kier alpha value is -1.82. The Morgan fingerprint density at radius 3 is 2.91 bits per heavy atom. The molecule has 4 atom stereocenters.